The molecule has 0 saturated heterocycles. The predicted molar refractivity (Wildman–Crippen MR) is 113 cm³/mol. The summed E-state index contributed by atoms with van der Waals surface area (Å²) < 4.78 is 29.3. The van der Waals surface area contributed by atoms with Gasteiger partial charge in [0.2, 0.25) is 0 Å². The first-order valence-electron chi connectivity index (χ1n) is 11.0. The average Bonchev–Trinajstić information content (AvgIpc) is 2.66. The largest absolute Gasteiger partial charge is 0.244 e. The summed E-state index contributed by atoms with van der Waals surface area (Å²) in [6.07, 6.45) is 7.34. The highest BCUT2D eigenvalue weighted by molar-refractivity contribution is 5.18. The van der Waals surface area contributed by atoms with Gasteiger partial charge in [-0.15, -0.1) is 0 Å². The first-order chi connectivity index (χ1) is 12.4. The number of hydrogen-bond donors (Lipinski definition) is 0. The molecule has 0 aromatic heterocycles. The molecule has 0 aromatic rings. The van der Waals surface area contributed by atoms with Gasteiger partial charge in [-0.2, -0.15) is 0 Å². The normalized spacial score (nSPS) is 32.0. The molecule has 0 bridgehead atoms. The van der Waals surface area contributed by atoms with E-state index in [1.54, 1.807) is 0 Å². The van der Waals surface area contributed by atoms with Gasteiger partial charge in [0.05, 0.1) is 0 Å². The van der Waals surface area contributed by atoms with Gasteiger partial charge in [0, 0.05) is 11.8 Å². The lowest BCUT2D eigenvalue weighted by Gasteiger charge is -2.38. The van der Waals surface area contributed by atoms with Crippen LogP contribution in [-0.2, 0) is 0 Å². The van der Waals surface area contributed by atoms with E-state index in [0.717, 1.165) is 44.1 Å². The van der Waals surface area contributed by atoms with Crippen LogP contribution < -0.4 is 0 Å². The number of halogens is 2. The van der Waals surface area contributed by atoms with Gasteiger partial charge in [-0.1, -0.05) is 71.8 Å². The molecule has 0 aromatic carbocycles. The summed E-state index contributed by atoms with van der Waals surface area (Å²) in [5, 5.41) is 0. The second kappa shape index (κ2) is 13.5. The highest BCUT2D eigenvalue weighted by atomic mass is 19.2. The summed E-state index contributed by atoms with van der Waals surface area (Å²) in [5.74, 6) is 0.880. The molecule has 2 aliphatic carbocycles. The Bertz CT molecular complexity index is 422. The van der Waals surface area contributed by atoms with Gasteiger partial charge in [0.1, 0.15) is 12.3 Å². The Morgan fingerprint density at radius 2 is 1.69 bits per heavy atom. The number of hydrogen-bond acceptors (Lipinski definition) is 0. The molecule has 5 unspecified atom stereocenters. The van der Waals surface area contributed by atoms with E-state index in [4.69, 9.17) is 0 Å². The molecule has 154 valence electrons. The number of allylic oxidation sites excluding steroid dienone is 4. The molecule has 1 fully saturated rings. The molecule has 0 N–H and O–H groups in total. The summed E-state index contributed by atoms with van der Waals surface area (Å²) >= 11 is 0. The molecule has 2 rings (SSSR count). The molecule has 0 amide bonds. The van der Waals surface area contributed by atoms with E-state index in [9.17, 15) is 8.78 Å². The Morgan fingerprint density at radius 1 is 1.08 bits per heavy atom. The van der Waals surface area contributed by atoms with Crippen LogP contribution >= 0.6 is 0 Å². The molecule has 0 radical (unpaired) electrons. The van der Waals surface area contributed by atoms with Crippen LogP contribution in [0.3, 0.4) is 0 Å². The smallest absolute Gasteiger partial charge is 0.138 e. The molecule has 2 heteroatoms. The first kappa shape index (κ1) is 25.3. The summed E-state index contributed by atoms with van der Waals surface area (Å²) in [6.45, 7) is 16.5. The van der Waals surface area contributed by atoms with Crippen molar-refractivity contribution in [3.05, 3.63) is 23.3 Å². The minimum atomic E-state index is -1.33. The second-order valence-corrected chi connectivity index (χ2v) is 7.92. The van der Waals surface area contributed by atoms with Gasteiger partial charge < -0.3 is 0 Å². The van der Waals surface area contributed by atoms with Crippen LogP contribution in [0.2, 0.25) is 0 Å². The van der Waals surface area contributed by atoms with Crippen molar-refractivity contribution in [1.82, 2.24) is 0 Å². The van der Waals surface area contributed by atoms with Gasteiger partial charge in [0.25, 0.3) is 0 Å². The average molecular weight is 371 g/mol. The van der Waals surface area contributed by atoms with E-state index in [2.05, 4.69) is 32.9 Å². The highest BCUT2D eigenvalue weighted by Crippen LogP contribution is 2.43. The SMILES string of the molecule is C/C(=C\CC(C)C)C1CCC(C2=CCC(C)CC2)C(F)C1F.CC.CC. The van der Waals surface area contributed by atoms with Crippen molar-refractivity contribution in [3.8, 4) is 0 Å². The molecular formula is C24H44F2. The second-order valence-electron chi connectivity index (χ2n) is 7.92. The van der Waals surface area contributed by atoms with Crippen LogP contribution in [0.4, 0.5) is 8.78 Å². The van der Waals surface area contributed by atoms with Gasteiger partial charge in [-0.05, 0) is 57.3 Å². The fraction of sp³-hybridized carbons (Fsp3) is 0.833. The van der Waals surface area contributed by atoms with E-state index in [1.807, 2.05) is 34.6 Å². The van der Waals surface area contributed by atoms with E-state index in [1.165, 1.54) is 5.57 Å². The third kappa shape index (κ3) is 7.53. The molecule has 2 aliphatic rings. The Labute approximate surface area is 162 Å². The van der Waals surface area contributed by atoms with Crippen molar-refractivity contribution in [2.24, 2.45) is 23.7 Å². The topological polar surface area (TPSA) is 0 Å². The maximum Gasteiger partial charge on any atom is 0.138 e. The summed E-state index contributed by atoms with van der Waals surface area (Å²) in [7, 11) is 0. The Balaban J connectivity index is 0.00000146. The van der Waals surface area contributed by atoms with Crippen LogP contribution in [0, 0.1) is 23.7 Å². The Morgan fingerprint density at radius 3 is 2.19 bits per heavy atom. The van der Waals surface area contributed by atoms with E-state index >= 15 is 0 Å². The highest BCUT2D eigenvalue weighted by Gasteiger charge is 2.42. The molecule has 0 heterocycles. The minimum Gasteiger partial charge on any atom is -0.244 e. The lowest BCUT2D eigenvalue weighted by atomic mass is 9.71. The Kier molecular flexibility index (Phi) is 13.2. The predicted octanol–water partition coefficient (Wildman–Crippen LogP) is 8.48. The van der Waals surface area contributed by atoms with Gasteiger partial charge in [0.15, 0.2) is 0 Å². The van der Waals surface area contributed by atoms with E-state index < -0.39 is 12.3 Å². The quantitative estimate of drug-likeness (QED) is 0.435. The maximum atomic E-state index is 14.7. The van der Waals surface area contributed by atoms with Crippen molar-refractivity contribution >= 4 is 0 Å². The van der Waals surface area contributed by atoms with Gasteiger partial charge in [-0.25, -0.2) is 8.78 Å². The van der Waals surface area contributed by atoms with Gasteiger partial charge in [-0.3, -0.25) is 0 Å². The lowest BCUT2D eigenvalue weighted by Crippen LogP contribution is -2.39. The van der Waals surface area contributed by atoms with Crippen LogP contribution in [0.25, 0.3) is 0 Å². The third-order valence-electron chi connectivity index (χ3n) is 5.54. The van der Waals surface area contributed by atoms with Crippen LogP contribution in [0.15, 0.2) is 23.3 Å². The first-order valence-corrected chi connectivity index (χ1v) is 11.0. The molecule has 1 saturated carbocycles. The van der Waals surface area contributed by atoms with Crippen molar-refractivity contribution in [1.29, 1.82) is 0 Å². The summed E-state index contributed by atoms with van der Waals surface area (Å²) in [6, 6.07) is 0. The van der Waals surface area contributed by atoms with E-state index in [-0.39, 0.29) is 11.8 Å². The summed E-state index contributed by atoms with van der Waals surface area (Å²) in [4.78, 5) is 0. The zero-order valence-corrected chi connectivity index (χ0v) is 18.6. The fourth-order valence-electron chi connectivity index (χ4n) is 3.89. The zero-order chi connectivity index (χ0) is 20.3. The zero-order valence-electron chi connectivity index (χ0n) is 18.6. The maximum absolute atomic E-state index is 14.7. The molecule has 0 aliphatic heterocycles. The number of rotatable bonds is 4. The van der Waals surface area contributed by atoms with Crippen LogP contribution in [-0.4, -0.2) is 12.3 Å². The Hall–Kier alpha value is -0.660. The lowest BCUT2D eigenvalue weighted by molar-refractivity contribution is 0.0470. The summed E-state index contributed by atoms with van der Waals surface area (Å²) in [5.41, 5.74) is 2.24. The molecular weight excluding hydrogens is 326 g/mol. The molecule has 0 nitrogen and oxygen atoms in total. The molecule has 26 heavy (non-hydrogen) atoms. The standard InChI is InChI=1S/C20H32F2.2C2H6/c1-13(2)5-8-15(4)17-11-12-18(20(22)19(17)21)16-9-6-14(3)7-10-16;2*1-2/h8-9,13-14,17-20H,5-7,10-12H2,1-4H3;2*1-2H3/b15-8+;;. The van der Waals surface area contributed by atoms with E-state index in [0.29, 0.717) is 11.8 Å². The number of alkyl halides is 2. The van der Waals surface area contributed by atoms with Crippen molar-refractivity contribution in [2.75, 3.05) is 0 Å². The molecule has 0 spiro atoms. The third-order valence-corrected chi connectivity index (χ3v) is 5.54. The minimum absolute atomic E-state index is 0.170. The monoisotopic (exact) mass is 370 g/mol. The molecule has 5 atom stereocenters. The van der Waals surface area contributed by atoms with Gasteiger partial charge >= 0.3 is 0 Å². The van der Waals surface area contributed by atoms with Crippen molar-refractivity contribution in [2.45, 2.75) is 106 Å². The van der Waals surface area contributed by atoms with Crippen molar-refractivity contribution < 1.29 is 8.78 Å². The van der Waals surface area contributed by atoms with Crippen molar-refractivity contribution in [3.63, 3.8) is 0 Å². The van der Waals surface area contributed by atoms with Crippen LogP contribution in [0.5, 0.6) is 0 Å². The fourth-order valence-corrected chi connectivity index (χ4v) is 3.89. The van der Waals surface area contributed by atoms with Crippen LogP contribution in [0.1, 0.15) is 93.9 Å².